The summed E-state index contributed by atoms with van der Waals surface area (Å²) in [6.45, 7) is -1.44. The molecule has 394 valence electrons. The van der Waals surface area contributed by atoms with Gasteiger partial charge in [-0.25, -0.2) is 19.2 Å². The molecule has 0 radical (unpaired) electrons. The number of ether oxygens (including phenoxy) is 5. The molecule has 18 N–H and O–H groups in total. The standard InChI is InChI=1S/C49H36O27/c50-15-2-1-10(3-16(15)51)42-21(56)4-11-23(73-42)8-17(52)27(32(11)58)30-29-31-28(39(65)41(67)40(29)66)26-14(7-20(55)35(61)38(26)64)48(70)76-45(44(30)75-49(31)71)43-22(57)9-72-46(68)12-5-18(53)33(59)36(62)24(12)25-13(47(69)74-43)6-19(54)34(60)37(25)63/h1-3,5-8,21-22,30,42-45,50-67H,4,9H2/t21-,22-,30+,42-,43-,44+,45+/m1/s1. The fraction of sp³-hybridized carbons (Fsp3) is 0.184. The van der Waals surface area contributed by atoms with E-state index in [1.165, 1.54) is 6.07 Å². The number of esters is 4. The lowest BCUT2D eigenvalue weighted by atomic mass is 9.74. The first-order valence-corrected chi connectivity index (χ1v) is 21.9. The molecule has 0 unspecified atom stereocenters. The maximum absolute atomic E-state index is 14.7. The number of phenols is 16. The van der Waals surface area contributed by atoms with Crippen molar-refractivity contribution in [2.75, 3.05) is 6.61 Å². The first-order chi connectivity index (χ1) is 35.8. The number of rotatable bonds is 3. The third-order valence-electron chi connectivity index (χ3n) is 13.4. The minimum Gasteiger partial charge on any atom is -0.507 e. The van der Waals surface area contributed by atoms with Crippen LogP contribution in [0.2, 0.25) is 0 Å². The predicted molar refractivity (Wildman–Crippen MR) is 242 cm³/mol. The summed E-state index contributed by atoms with van der Waals surface area (Å²) in [5.41, 5.74) is -11.2. The van der Waals surface area contributed by atoms with E-state index >= 15 is 0 Å². The van der Waals surface area contributed by atoms with Gasteiger partial charge in [0.25, 0.3) is 0 Å². The van der Waals surface area contributed by atoms with E-state index in [0.29, 0.717) is 18.2 Å². The normalized spacial score (nSPS) is 21.7. The van der Waals surface area contributed by atoms with E-state index in [4.69, 9.17) is 23.7 Å². The highest BCUT2D eigenvalue weighted by Gasteiger charge is 2.56. The van der Waals surface area contributed by atoms with Gasteiger partial charge in [0.15, 0.2) is 75.8 Å². The van der Waals surface area contributed by atoms with Gasteiger partial charge in [-0.05, 0) is 35.9 Å². The first kappa shape index (κ1) is 49.3. The van der Waals surface area contributed by atoms with Gasteiger partial charge < -0.3 is 116 Å². The Bertz CT molecular complexity index is 3600. The van der Waals surface area contributed by atoms with Crippen LogP contribution < -0.4 is 4.74 Å². The molecule has 0 saturated carbocycles. The van der Waals surface area contributed by atoms with E-state index in [2.05, 4.69) is 0 Å². The average Bonchev–Trinajstić information content (AvgIpc) is 3.41. The zero-order valence-corrected chi connectivity index (χ0v) is 37.7. The quantitative estimate of drug-likeness (QED) is 0.0687. The largest absolute Gasteiger partial charge is 0.507 e. The van der Waals surface area contributed by atoms with E-state index in [1.54, 1.807) is 0 Å². The van der Waals surface area contributed by atoms with Crippen LogP contribution in [0, 0.1) is 0 Å². The predicted octanol–water partition coefficient (Wildman–Crippen LogP) is 2.31. The number of aliphatic hydroxyl groups is 2. The molecule has 0 spiro atoms. The SMILES string of the molecule is O=C1OC[C@@H](O)[C@H]([C@@H]2OC(=O)c3cc(O)c(O)c(O)c3-c3c(O)c(O)c(O)c4c3C(=O)O[C@H]2[C@H]4c2c(O)cc3c(c2O)C[C@@H](O)[C@@H](c2ccc(O)c(O)c2)O3)OC(=O)c2cc(O)c(O)c(O)c2-c2c1cc(O)c(O)c2O. The van der Waals surface area contributed by atoms with Crippen molar-refractivity contribution in [2.24, 2.45) is 0 Å². The van der Waals surface area contributed by atoms with Crippen molar-refractivity contribution in [1.82, 2.24) is 0 Å². The van der Waals surface area contributed by atoms with E-state index in [9.17, 15) is 111 Å². The van der Waals surface area contributed by atoms with Crippen molar-refractivity contribution in [3.8, 4) is 120 Å². The number of aliphatic hydroxyl groups excluding tert-OH is 2. The summed E-state index contributed by atoms with van der Waals surface area (Å²) >= 11 is 0. The Morgan fingerprint density at radius 1 is 0.382 bits per heavy atom. The van der Waals surface area contributed by atoms with Crippen LogP contribution in [0.1, 0.15) is 75.7 Å². The topological polar surface area (TPSA) is 479 Å². The van der Waals surface area contributed by atoms with Gasteiger partial charge in [-0.2, -0.15) is 0 Å². The van der Waals surface area contributed by atoms with Crippen molar-refractivity contribution >= 4 is 23.9 Å². The fourth-order valence-corrected chi connectivity index (χ4v) is 9.87. The van der Waals surface area contributed by atoms with Gasteiger partial charge >= 0.3 is 23.9 Å². The molecule has 4 aliphatic rings. The highest BCUT2D eigenvalue weighted by atomic mass is 16.6. The van der Waals surface area contributed by atoms with Crippen LogP contribution in [0.4, 0.5) is 0 Å². The molecule has 27 nitrogen and oxygen atoms in total. The lowest BCUT2D eigenvalue weighted by Crippen LogP contribution is -2.55. The molecule has 0 amide bonds. The summed E-state index contributed by atoms with van der Waals surface area (Å²) in [6.07, 6.45) is -14.4. The van der Waals surface area contributed by atoms with E-state index < -0.39 is 227 Å². The lowest BCUT2D eigenvalue weighted by Gasteiger charge is -2.42. The number of hydrogen-bond acceptors (Lipinski definition) is 27. The van der Waals surface area contributed by atoms with Crippen molar-refractivity contribution in [2.45, 2.75) is 49.0 Å². The summed E-state index contributed by atoms with van der Waals surface area (Å²) in [6, 6.07) is 5.42. The van der Waals surface area contributed by atoms with Gasteiger partial charge in [0.2, 0.25) is 23.0 Å². The van der Waals surface area contributed by atoms with Crippen LogP contribution in [0.5, 0.6) is 97.7 Å². The molecule has 4 aliphatic heterocycles. The van der Waals surface area contributed by atoms with Crippen LogP contribution in [0.25, 0.3) is 22.3 Å². The van der Waals surface area contributed by atoms with Crippen molar-refractivity contribution in [3.05, 3.63) is 87.0 Å². The number of fused-ring (bicyclic) bond motifs is 8. The van der Waals surface area contributed by atoms with Crippen LogP contribution in [0.3, 0.4) is 0 Å². The third kappa shape index (κ3) is 7.11. The molecule has 76 heavy (non-hydrogen) atoms. The molecule has 6 aromatic rings. The zero-order chi connectivity index (χ0) is 55.0. The zero-order valence-electron chi connectivity index (χ0n) is 37.7. The monoisotopic (exact) mass is 1060 g/mol. The summed E-state index contributed by atoms with van der Waals surface area (Å²) in [5.74, 6) is -30.5. The summed E-state index contributed by atoms with van der Waals surface area (Å²) in [5, 5.41) is 200. The molecule has 0 fully saturated rings. The molecule has 2 bridgehead atoms. The Morgan fingerprint density at radius 2 is 0.882 bits per heavy atom. The number of aromatic hydroxyl groups is 16. The Kier molecular flexibility index (Phi) is 11.1. The molecular formula is C49H36O27. The number of benzene rings is 6. The second-order valence-corrected chi connectivity index (χ2v) is 17.7. The molecule has 10 rings (SSSR count). The third-order valence-corrected chi connectivity index (χ3v) is 13.4. The number of carbonyl (C=O) groups excluding carboxylic acids is 4. The Hall–Kier alpha value is -10.3. The van der Waals surface area contributed by atoms with Gasteiger partial charge in [0.05, 0.1) is 34.3 Å². The molecule has 4 heterocycles. The van der Waals surface area contributed by atoms with Gasteiger partial charge in [-0.1, -0.05) is 6.07 Å². The maximum atomic E-state index is 14.7. The van der Waals surface area contributed by atoms with E-state index in [-0.39, 0.29) is 16.9 Å². The second-order valence-electron chi connectivity index (χ2n) is 17.7. The number of hydrogen-bond donors (Lipinski definition) is 18. The number of cyclic esters (lactones) is 3. The highest BCUT2D eigenvalue weighted by Crippen LogP contribution is 2.62. The van der Waals surface area contributed by atoms with Gasteiger partial charge in [0.1, 0.15) is 36.1 Å². The Morgan fingerprint density at radius 3 is 1.43 bits per heavy atom. The minimum absolute atomic E-state index is 0.0708. The van der Waals surface area contributed by atoms with Crippen molar-refractivity contribution in [1.29, 1.82) is 0 Å². The van der Waals surface area contributed by atoms with E-state index in [1.807, 2.05) is 0 Å². The van der Waals surface area contributed by atoms with E-state index in [0.717, 1.165) is 18.2 Å². The Balaban J connectivity index is 1.24. The van der Waals surface area contributed by atoms with Crippen molar-refractivity contribution < 1.29 is 135 Å². The maximum Gasteiger partial charge on any atom is 0.339 e. The first-order valence-electron chi connectivity index (χ1n) is 21.9. The van der Waals surface area contributed by atoms with Crippen LogP contribution >= 0.6 is 0 Å². The molecule has 0 aliphatic carbocycles. The fourth-order valence-electron chi connectivity index (χ4n) is 9.87. The van der Waals surface area contributed by atoms with Crippen molar-refractivity contribution in [3.63, 3.8) is 0 Å². The molecule has 6 aromatic carbocycles. The Labute approximate surface area is 420 Å². The number of phenolic OH excluding ortho intramolecular Hbond substituents is 16. The molecule has 27 heteroatoms. The van der Waals surface area contributed by atoms with Crippen LogP contribution in [-0.2, 0) is 25.4 Å². The minimum atomic E-state index is -2.77. The van der Waals surface area contributed by atoms with Gasteiger partial charge in [-0.15, -0.1) is 0 Å². The molecule has 0 aromatic heterocycles. The lowest BCUT2D eigenvalue weighted by molar-refractivity contribution is -0.133. The summed E-state index contributed by atoms with van der Waals surface area (Å²) in [4.78, 5) is 58.0. The summed E-state index contributed by atoms with van der Waals surface area (Å²) < 4.78 is 28.6. The highest BCUT2D eigenvalue weighted by molar-refractivity contribution is 6.11. The molecular weight excluding hydrogens is 1020 g/mol. The molecule has 7 atom stereocenters. The van der Waals surface area contributed by atoms with Crippen LogP contribution in [0.15, 0.2) is 42.5 Å². The van der Waals surface area contributed by atoms with Gasteiger partial charge in [0, 0.05) is 51.4 Å². The van der Waals surface area contributed by atoms with Crippen LogP contribution in [-0.4, -0.2) is 153 Å². The summed E-state index contributed by atoms with van der Waals surface area (Å²) in [7, 11) is 0. The second kappa shape index (κ2) is 17.2. The smallest absolute Gasteiger partial charge is 0.339 e. The van der Waals surface area contributed by atoms with Gasteiger partial charge in [-0.3, -0.25) is 0 Å². The average molecular weight is 1060 g/mol. The molecule has 0 saturated heterocycles. The number of carbonyl (C=O) groups is 4.